The molecule has 24 heavy (non-hydrogen) atoms. The van der Waals surface area contributed by atoms with Crippen LogP contribution in [-0.2, 0) is 14.3 Å². The highest BCUT2D eigenvalue weighted by Gasteiger charge is 2.71. The summed E-state index contributed by atoms with van der Waals surface area (Å²) in [5, 5.41) is 3.61. The fourth-order valence-electron chi connectivity index (χ4n) is 5.58. The van der Waals surface area contributed by atoms with Gasteiger partial charge in [-0.15, -0.1) is 0 Å². The van der Waals surface area contributed by atoms with Crippen molar-refractivity contribution in [2.24, 2.45) is 5.92 Å². The summed E-state index contributed by atoms with van der Waals surface area (Å²) >= 11 is 0. The van der Waals surface area contributed by atoms with Crippen LogP contribution in [0.3, 0.4) is 0 Å². The Kier molecular flexibility index (Phi) is 3.12. The summed E-state index contributed by atoms with van der Waals surface area (Å²) < 4.78 is 12.0. The van der Waals surface area contributed by atoms with Gasteiger partial charge in [-0.1, -0.05) is 43.2 Å². The van der Waals surface area contributed by atoms with Crippen molar-refractivity contribution in [3.8, 4) is 0 Å². The largest absolute Gasteiger partial charge is 0.364 e. The number of carbonyl (C=O) groups excluding carboxylic acids is 1. The molecule has 0 aromatic heterocycles. The second-order valence-corrected chi connectivity index (χ2v) is 7.73. The van der Waals surface area contributed by atoms with Gasteiger partial charge in [0.05, 0.1) is 6.61 Å². The van der Waals surface area contributed by atoms with Gasteiger partial charge in [0.25, 0.3) is 0 Å². The molecule has 128 valence electrons. The predicted molar refractivity (Wildman–Crippen MR) is 88.0 cm³/mol. The van der Waals surface area contributed by atoms with E-state index in [0.29, 0.717) is 12.5 Å². The molecule has 4 saturated heterocycles. The van der Waals surface area contributed by atoms with Gasteiger partial charge in [0.1, 0.15) is 17.3 Å². The third-order valence-corrected chi connectivity index (χ3v) is 6.67. The number of nitrogens with one attached hydrogen (secondary N) is 1. The molecule has 5 atom stereocenters. The molecular weight excluding hydrogens is 304 g/mol. The van der Waals surface area contributed by atoms with E-state index in [-0.39, 0.29) is 23.9 Å². The van der Waals surface area contributed by atoms with Crippen molar-refractivity contribution in [3.63, 3.8) is 0 Å². The quantitative estimate of drug-likeness (QED) is 0.904. The second kappa shape index (κ2) is 5.04. The number of piperidine rings is 2. The molecule has 1 aromatic rings. The number of fused-ring (bicyclic) bond motifs is 1. The molecule has 2 spiro atoms. The average Bonchev–Trinajstić information content (AvgIpc) is 3.02. The Labute approximate surface area is 142 Å². The molecule has 1 saturated carbocycles. The zero-order valence-electron chi connectivity index (χ0n) is 14.0. The number of ether oxygens (including phenoxy) is 2. The van der Waals surface area contributed by atoms with E-state index in [1.807, 2.05) is 35.2 Å². The number of piperazine rings is 1. The number of rotatable bonds is 2. The van der Waals surface area contributed by atoms with E-state index in [4.69, 9.17) is 9.47 Å². The van der Waals surface area contributed by atoms with Crippen molar-refractivity contribution < 1.29 is 14.3 Å². The summed E-state index contributed by atoms with van der Waals surface area (Å²) in [5.74, 6) is 0.623. The van der Waals surface area contributed by atoms with Crippen molar-refractivity contribution >= 4 is 5.91 Å². The minimum atomic E-state index is -0.457. The summed E-state index contributed by atoms with van der Waals surface area (Å²) in [6, 6.07) is 10.1. The van der Waals surface area contributed by atoms with Gasteiger partial charge in [-0.05, 0) is 25.2 Å². The molecule has 1 N–H and O–H groups in total. The minimum Gasteiger partial charge on any atom is -0.364 e. The molecule has 5 aliphatic rings. The monoisotopic (exact) mass is 328 g/mol. The molecule has 5 fully saturated rings. The standard InChI is InChI=1S/C19H24N2O3/c1-23-16-18-11-14-9-5-6-10-19(14,20-16)17(22)21(18)15(24-12-18)13-7-3-2-4-8-13/h2-4,7-8,14-16,20H,5-6,9-12H2,1H3/t14-,15-,16?,18?,19?/m1/s1. The van der Waals surface area contributed by atoms with Gasteiger partial charge in [0.15, 0.2) is 6.23 Å². The molecule has 1 aliphatic carbocycles. The molecule has 4 heterocycles. The Bertz CT molecular complexity index is 666. The van der Waals surface area contributed by atoms with Crippen LogP contribution >= 0.6 is 0 Å². The summed E-state index contributed by atoms with van der Waals surface area (Å²) in [5.41, 5.74) is 0.214. The highest BCUT2D eigenvalue weighted by Crippen LogP contribution is 2.57. The first-order valence-electron chi connectivity index (χ1n) is 9.02. The van der Waals surface area contributed by atoms with E-state index in [9.17, 15) is 4.79 Å². The topological polar surface area (TPSA) is 50.8 Å². The van der Waals surface area contributed by atoms with Crippen molar-refractivity contribution in [2.75, 3.05) is 13.7 Å². The lowest BCUT2D eigenvalue weighted by Crippen LogP contribution is -2.84. The molecule has 3 unspecified atom stereocenters. The molecule has 1 amide bonds. The Morgan fingerprint density at radius 2 is 2.12 bits per heavy atom. The number of hydrogen-bond acceptors (Lipinski definition) is 4. The highest BCUT2D eigenvalue weighted by molar-refractivity contribution is 5.90. The predicted octanol–water partition coefficient (Wildman–Crippen LogP) is 2.19. The first kappa shape index (κ1) is 14.9. The fraction of sp³-hybridized carbons (Fsp3) is 0.632. The zero-order chi connectivity index (χ0) is 16.4. The molecule has 0 radical (unpaired) electrons. The number of benzene rings is 1. The van der Waals surface area contributed by atoms with Crippen LogP contribution in [0.25, 0.3) is 0 Å². The lowest BCUT2D eigenvalue weighted by atomic mass is 9.59. The number of amides is 1. The number of methoxy groups -OCH3 is 1. The van der Waals surface area contributed by atoms with Gasteiger partial charge in [-0.3, -0.25) is 15.0 Å². The van der Waals surface area contributed by atoms with Crippen LogP contribution in [0, 0.1) is 5.92 Å². The summed E-state index contributed by atoms with van der Waals surface area (Å²) in [4.78, 5) is 15.6. The van der Waals surface area contributed by atoms with Gasteiger partial charge in [0.2, 0.25) is 5.91 Å². The van der Waals surface area contributed by atoms with Crippen molar-refractivity contribution in [2.45, 2.75) is 55.6 Å². The molecule has 1 aromatic carbocycles. The van der Waals surface area contributed by atoms with Crippen molar-refractivity contribution in [1.29, 1.82) is 0 Å². The van der Waals surface area contributed by atoms with Crippen LogP contribution < -0.4 is 5.32 Å². The molecule has 5 nitrogen and oxygen atoms in total. The van der Waals surface area contributed by atoms with E-state index in [0.717, 1.165) is 31.2 Å². The Morgan fingerprint density at radius 1 is 1.29 bits per heavy atom. The fourth-order valence-corrected chi connectivity index (χ4v) is 5.58. The Balaban J connectivity index is 1.62. The van der Waals surface area contributed by atoms with Gasteiger partial charge in [-0.25, -0.2) is 0 Å². The van der Waals surface area contributed by atoms with Gasteiger partial charge >= 0.3 is 0 Å². The van der Waals surface area contributed by atoms with Crippen molar-refractivity contribution in [3.05, 3.63) is 35.9 Å². The maximum absolute atomic E-state index is 13.6. The van der Waals surface area contributed by atoms with Crippen LogP contribution in [0.1, 0.15) is 43.9 Å². The van der Waals surface area contributed by atoms with Crippen LogP contribution in [0.4, 0.5) is 0 Å². The SMILES string of the molecule is COC1NC23CCCC[C@@H]2CC12CO[C@H](c1ccccc1)N2C3=O. The number of carbonyl (C=O) groups is 1. The maximum atomic E-state index is 13.6. The highest BCUT2D eigenvalue weighted by atomic mass is 16.5. The lowest BCUT2D eigenvalue weighted by Gasteiger charge is -2.64. The van der Waals surface area contributed by atoms with E-state index in [1.54, 1.807) is 7.11 Å². The van der Waals surface area contributed by atoms with Crippen LogP contribution in [0.15, 0.2) is 30.3 Å². The zero-order valence-corrected chi connectivity index (χ0v) is 14.0. The van der Waals surface area contributed by atoms with E-state index < -0.39 is 5.54 Å². The van der Waals surface area contributed by atoms with Crippen molar-refractivity contribution in [1.82, 2.24) is 10.2 Å². The average molecular weight is 328 g/mol. The molecule has 2 bridgehead atoms. The summed E-state index contributed by atoms with van der Waals surface area (Å²) in [6.45, 7) is 0.538. The van der Waals surface area contributed by atoms with Crippen LogP contribution in [-0.4, -0.2) is 41.8 Å². The van der Waals surface area contributed by atoms with Crippen LogP contribution in [0.2, 0.25) is 0 Å². The second-order valence-electron chi connectivity index (χ2n) is 7.73. The first-order valence-corrected chi connectivity index (χ1v) is 9.02. The number of hydrogen-bond donors (Lipinski definition) is 1. The molecular formula is C19H24N2O3. The summed E-state index contributed by atoms with van der Waals surface area (Å²) in [6.07, 6.45) is 4.89. The smallest absolute Gasteiger partial charge is 0.246 e. The third kappa shape index (κ3) is 1.68. The third-order valence-electron chi connectivity index (χ3n) is 6.67. The molecule has 6 rings (SSSR count). The first-order chi connectivity index (χ1) is 11.7. The molecule has 5 heteroatoms. The van der Waals surface area contributed by atoms with E-state index >= 15 is 0 Å². The molecule has 4 aliphatic heterocycles. The maximum Gasteiger partial charge on any atom is 0.246 e. The Hall–Kier alpha value is -1.43. The Morgan fingerprint density at radius 3 is 2.92 bits per heavy atom. The van der Waals surface area contributed by atoms with Crippen LogP contribution in [0.5, 0.6) is 0 Å². The lowest BCUT2D eigenvalue weighted by molar-refractivity contribution is -0.203. The van der Waals surface area contributed by atoms with Gasteiger partial charge < -0.3 is 9.47 Å². The summed E-state index contributed by atoms with van der Waals surface area (Å²) in [7, 11) is 1.74. The van der Waals surface area contributed by atoms with Gasteiger partial charge in [-0.2, -0.15) is 0 Å². The number of nitrogens with zero attached hydrogens (tertiary/aromatic N) is 1. The van der Waals surface area contributed by atoms with E-state index in [2.05, 4.69) is 5.32 Å². The minimum absolute atomic E-state index is 0.154. The normalized spacial score (nSPS) is 43.6. The van der Waals surface area contributed by atoms with Gasteiger partial charge in [0, 0.05) is 12.7 Å². The van der Waals surface area contributed by atoms with E-state index in [1.165, 1.54) is 6.42 Å².